The molecule has 1 aliphatic carbocycles. The first-order valence-electron chi connectivity index (χ1n) is 10.7. The molecule has 1 aromatic heterocycles. The number of nitrogens with zero attached hydrogens (tertiary/aromatic N) is 3. The molecule has 146 valence electrons. The van der Waals surface area contributed by atoms with Crippen molar-refractivity contribution in [3.63, 3.8) is 0 Å². The lowest BCUT2D eigenvalue weighted by molar-refractivity contribution is -0.131. The summed E-state index contributed by atoms with van der Waals surface area (Å²) in [5.41, 5.74) is 2.17. The monoisotopic (exact) mass is 367 g/mol. The van der Waals surface area contributed by atoms with E-state index in [0.29, 0.717) is 6.42 Å². The van der Waals surface area contributed by atoms with Gasteiger partial charge in [-0.2, -0.15) is 0 Å². The van der Waals surface area contributed by atoms with Crippen molar-refractivity contribution < 1.29 is 4.79 Å². The van der Waals surface area contributed by atoms with Gasteiger partial charge in [0.25, 0.3) is 0 Å². The van der Waals surface area contributed by atoms with E-state index in [2.05, 4.69) is 49.6 Å². The lowest BCUT2D eigenvalue weighted by Gasteiger charge is -2.32. The van der Waals surface area contributed by atoms with Crippen LogP contribution in [0.1, 0.15) is 77.5 Å². The highest BCUT2D eigenvalue weighted by Crippen LogP contribution is 2.35. The van der Waals surface area contributed by atoms with Crippen LogP contribution in [-0.2, 0) is 11.3 Å². The molecule has 2 aromatic rings. The number of aromatic nitrogens is 2. The lowest BCUT2D eigenvalue weighted by Crippen LogP contribution is -2.42. The first kappa shape index (κ1) is 18.5. The van der Waals surface area contributed by atoms with Gasteiger partial charge in [-0.3, -0.25) is 4.79 Å². The smallest absolute Gasteiger partial charge is 0.223 e. The van der Waals surface area contributed by atoms with Gasteiger partial charge in [0.05, 0.1) is 11.0 Å². The van der Waals surface area contributed by atoms with Gasteiger partial charge in [-0.1, -0.05) is 44.2 Å². The molecular formula is C23H33N3O. The van der Waals surface area contributed by atoms with Gasteiger partial charge in [0, 0.05) is 31.0 Å². The fraction of sp³-hybridized carbons (Fsp3) is 0.652. The normalized spacial score (nSPS) is 22.1. The maximum atomic E-state index is 12.6. The van der Waals surface area contributed by atoms with E-state index in [0.717, 1.165) is 30.3 Å². The largest absolute Gasteiger partial charge is 0.337 e. The predicted molar refractivity (Wildman–Crippen MR) is 110 cm³/mol. The number of benzene rings is 1. The van der Waals surface area contributed by atoms with Gasteiger partial charge in [-0.15, -0.1) is 0 Å². The molecule has 0 bridgehead atoms. The summed E-state index contributed by atoms with van der Waals surface area (Å²) in [6.45, 7) is 8.19. The van der Waals surface area contributed by atoms with Gasteiger partial charge in [-0.05, 0) is 45.2 Å². The van der Waals surface area contributed by atoms with Crippen LogP contribution in [-0.4, -0.2) is 32.4 Å². The van der Waals surface area contributed by atoms with Crippen molar-refractivity contribution in [2.45, 2.75) is 83.7 Å². The van der Waals surface area contributed by atoms with Crippen LogP contribution < -0.4 is 0 Å². The van der Waals surface area contributed by atoms with Gasteiger partial charge < -0.3 is 9.47 Å². The van der Waals surface area contributed by atoms with Crippen LogP contribution in [0.5, 0.6) is 0 Å². The minimum absolute atomic E-state index is 0.120. The number of hydrogen-bond donors (Lipinski definition) is 0. The van der Waals surface area contributed by atoms with E-state index in [1.165, 1.54) is 44.0 Å². The molecule has 1 atom stereocenters. The van der Waals surface area contributed by atoms with E-state index in [9.17, 15) is 4.79 Å². The summed E-state index contributed by atoms with van der Waals surface area (Å²) in [7, 11) is 0. The Labute approximate surface area is 163 Å². The molecule has 1 aromatic carbocycles. The van der Waals surface area contributed by atoms with E-state index in [-0.39, 0.29) is 17.4 Å². The molecule has 0 spiro atoms. The Hall–Kier alpha value is -1.84. The molecule has 2 aliphatic rings. The third kappa shape index (κ3) is 3.76. The molecule has 2 fully saturated rings. The van der Waals surface area contributed by atoms with Gasteiger partial charge in [-0.25, -0.2) is 4.98 Å². The number of rotatable bonds is 4. The first-order chi connectivity index (χ1) is 12.9. The first-order valence-corrected chi connectivity index (χ1v) is 10.7. The zero-order valence-corrected chi connectivity index (χ0v) is 17.1. The van der Waals surface area contributed by atoms with Crippen LogP contribution in [0.3, 0.4) is 0 Å². The molecule has 4 heteroatoms. The van der Waals surface area contributed by atoms with Gasteiger partial charge in [0.15, 0.2) is 0 Å². The number of hydrogen-bond acceptors (Lipinski definition) is 2. The van der Waals surface area contributed by atoms with Crippen molar-refractivity contribution in [1.29, 1.82) is 0 Å². The van der Waals surface area contributed by atoms with Crippen LogP contribution >= 0.6 is 0 Å². The maximum absolute atomic E-state index is 12.6. The Morgan fingerprint density at radius 3 is 2.56 bits per heavy atom. The summed E-state index contributed by atoms with van der Waals surface area (Å²) in [4.78, 5) is 19.6. The molecule has 0 unspecified atom stereocenters. The minimum atomic E-state index is -0.120. The van der Waals surface area contributed by atoms with Crippen molar-refractivity contribution in [1.82, 2.24) is 14.5 Å². The number of carbonyl (C=O) groups excluding carboxylic acids is 1. The van der Waals surface area contributed by atoms with E-state index in [1.807, 2.05) is 4.90 Å². The van der Waals surface area contributed by atoms with Crippen LogP contribution in [0, 0.1) is 5.92 Å². The third-order valence-electron chi connectivity index (χ3n) is 6.47. The third-order valence-corrected chi connectivity index (χ3v) is 6.47. The highest BCUT2D eigenvalue weighted by Gasteiger charge is 2.39. The molecule has 27 heavy (non-hydrogen) atoms. The summed E-state index contributed by atoms with van der Waals surface area (Å²) in [5.74, 6) is 2.44. The van der Waals surface area contributed by atoms with Crippen LogP contribution in [0.25, 0.3) is 11.0 Å². The zero-order chi connectivity index (χ0) is 19.0. The van der Waals surface area contributed by atoms with Crippen molar-refractivity contribution in [3.05, 3.63) is 30.1 Å². The number of para-hydroxylation sites is 2. The number of aryl methyl sites for hydroxylation is 1. The van der Waals surface area contributed by atoms with Crippen molar-refractivity contribution in [3.8, 4) is 0 Å². The molecule has 4 rings (SSSR count). The Balaban J connectivity index is 1.61. The summed E-state index contributed by atoms with van der Waals surface area (Å²) in [5, 5.41) is 0. The van der Waals surface area contributed by atoms with Gasteiger partial charge in [0.1, 0.15) is 5.82 Å². The summed E-state index contributed by atoms with van der Waals surface area (Å²) < 4.78 is 2.42. The Bertz CT molecular complexity index is 811. The van der Waals surface area contributed by atoms with Crippen molar-refractivity contribution >= 4 is 16.9 Å². The standard InChI is InChI=1S/C23H33N3O/c1-23(2,3)26-16-18(15-21(26)27)22-24-19-11-7-8-12-20(19)25(22)14-13-17-9-5-4-6-10-17/h7-8,11-12,17-18H,4-6,9-10,13-16H2,1-3H3/t18-/m1/s1. The predicted octanol–water partition coefficient (Wildman–Crippen LogP) is 5.12. The average Bonchev–Trinajstić information content (AvgIpc) is 3.21. The molecule has 1 saturated carbocycles. The van der Waals surface area contributed by atoms with Gasteiger partial charge >= 0.3 is 0 Å². The highest BCUT2D eigenvalue weighted by molar-refractivity contribution is 5.81. The molecule has 0 radical (unpaired) electrons. The molecule has 1 aliphatic heterocycles. The summed E-state index contributed by atoms with van der Waals surface area (Å²) >= 11 is 0. The van der Waals surface area contributed by atoms with E-state index >= 15 is 0 Å². The number of carbonyl (C=O) groups is 1. The molecule has 1 saturated heterocycles. The zero-order valence-electron chi connectivity index (χ0n) is 17.1. The Morgan fingerprint density at radius 2 is 1.85 bits per heavy atom. The second-order valence-electron chi connectivity index (χ2n) is 9.48. The van der Waals surface area contributed by atoms with Crippen molar-refractivity contribution in [2.24, 2.45) is 5.92 Å². The average molecular weight is 368 g/mol. The number of imidazole rings is 1. The summed E-state index contributed by atoms with van der Waals surface area (Å²) in [6, 6.07) is 8.46. The van der Waals surface area contributed by atoms with Crippen LogP contribution in [0.4, 0.5) is 0 Å². The van der Waals surface area contributed by atoms with Gasteiger partial charge in [0.2, 0.25) is 5.91 Å². The second-order valence-corrected chi connectivity index (χ2v) is 9.48. The minimum Gasteiger partial charge on any atom is -0.337 e. The lowest BCUT2D eigenvalue weighted by atomic mass is 9.87. The van der Waals surface area contributed by atoms with Crippen LogP contribution in [0.2, 0.25) is 0 Å². The summed E-state index contributed by atoms with van der Waals surface area (Å²) in [6.07, 6.45) is 8.76. The molecule has 2 heterocycles. The maximum Gasteiger partial charge on any atom is 0.223 e. The Morgan fingerprint density at radius 1 is 1.11 bits per heavy atom. The number of likely N-dealkylation sites (tertiary alicyclic amines) is 1. The highest BCUT2D eigenvalue weighted by atomic mass is 16.2. The second kappa shape index (κ2) is 7.29. The van der Waals surface area contributed by atoms with Crippen molar-refractivity contribution in [2.75, 3.05) is 6.54 Å². The quantitative estimate of drug-likeness (QED) is 0.752. The van der Waals surface area contributed by atoms with E-state index < -0.39 is 0 Å². The molecule has 4 nitrogen and oxygen atoms in total. The fourth-order valence-electron chi connectivity index (χ4n) is 4.96. The molecular weight excluding hydrogens is 334 g/mol. The number of fused-ring (bicyclic) bond motifs is 1. The molecule has 1 amide bonds. The van der Waals surface area contributed by atoms with Crippen LogP contribution in [0.15, 0.2) is 24.3 Å². The van der Waals surface area contributed by atoms with E-state index in [4.69, 9.17) is 4.98 Å². The fourth-order valence-corrected chi connectivity index (χ4v) is 4.96. The van der Waals surface area contributed by atoms with E-state index in [1.54, 1.807) is 0 Å². The SMILES string of the molecule is CC(C)(C)N1C[C@H](c2nc3ccccc3n2CCC2CCCCC2)CC1=O. The topological polar surface area (TPSA) is 38.1 Å². The number of amides is 1. The Kier molecular flexibility index (Phi) is 5.00. The molecule has 0 N–H and O–H groups in total.